The lowest BCUT2D eigenvalue weighted by Gasteiger charge is -2.35. The molecule has 20 heavy (non-hydrogen) atoms. The molecular weight excluding hydrogens is 294 g/mol. The lowest BCUT2D eigenvalue weighted by atomic mass is 9.87. The molecule has 0 heterocycles. The van der Waals surface area contributed by atoms with E-state index < -0.39 is 9.84 Å². The van der Waals surface area contributed by atoms with Crippen LogP contribution >= 0.6 is 11.6 Å². The van der Waals surface area contributed by atoms with Crippen LogP contribution in [0.15, 0.2) is 29.2 Å². The van der Waals surface area contributed by atoms with Gasteiger partial charge in [0.2, 0.25) is 0 Å². The summed E-state index contributed by atoms with van der Waals surface area (Å²) >= 11 is 6.09. The molecule has 1 aliphatic carbocycles. The quantitative estimate of drug-likeness (QED) is 0.927. The van der Waals surface area contributed by atoms with E-state index in [1.54, 1.807) is 24.3 Å². The molecule has 0 aliphatic heterocycles. The molecule has 0 amide bonds. The van der Waals surface area contributed by atoms with Gasteiger partial charge in [0.25, 0.3) is 0 Å². The molecule has 2 rings (SSSR count). The SMILES string of the molecule is CCNC1CCC(C)CC1S(=O)(=O)c1ccccc1Cl. The van der Waals surface area contributed by atoms with Gasteiger partial charge in [-0.25, -0.2) is 8.42 Å². The predicted octanol–water partition coefficient (Wildman–Crippen LogP) is 3.28. The van der Waals surface area contributed by atoms with Crippen LogP contribution in [0.4, 0.5) is 0 Å². The summed E-state index contributed by atoms with van der Waals surface area (Å²) in [5.41, 5.74) is 0. The van der Waals surface area contributed by atoms with E-state index in [0.29, 0.717) is 17.4 Å². The van der Waals surface area contributed by atoms with Crippen molar-refractivity contribution < 1.29 is 8.42 Å². The maximum absolute atomic E-state index is 12.9. The highest BCUT2D eigenvalue weighted by atomic mass is 35.5. The minimum Gasteiger partial charge on any atom is -0.313 e. The fourth-order valence-electron chi connectivity index (χ4n) is 3.01. The van der Waals surface area contributed by atoms with Crippen LogP contribution in [0, 0.1) is 5.92 Å². The molecule has 0 saturated heterocycles. The zero-order valence-corrected chi connectivity index (χ0v) is 13.5. The Balaban J connectivity index is 2.37. The Bertz CT molecular complexity index is 559. The van der Waals surface area contributed by atoms with Gasteiger partial charge in [-0.15, -0.1) is 0 Å². The maximum atomic E-state index is 12.9. The van der Waals surface area contributed by atoms with Crippen molar-refractivity contribution in [1.82, 2.24) is 5.32 Å². The Morgan fingerprint density at radius 3 is 2.65 bits per heavy atom. The maximum Gasteiger partial charge on any atom is 0.184 e. The van der Waals surface area contributed by atoms with Gasteiger partial charge >= 0.3 is 0 Å². The van der Waals surface area contributed by atoms with Crippen LogP contribution in [0.1, 0.15) is 33.1 Å². The Hall–Kier alpha value is -0.580. The minimum atomic E-state index is -3.39. The molecule has 0 radical (unpaired) electrons. The van der Waals surface area contributed by atoms with E-state index >= 15 is 0 Å². The molecule has 1 fully saturated rings. The van der Waals surface area contributed by atoms with E-state index in [0.717, 1.165) is 19.4 Å². The summed E-state index contributed by atoms with van der Waals surface area (Å²) in [5, 5.41) is 3.27. The van der Waals surface area contributed by atoms with Crippen molar-refractivity contribution in [2.75, 3.05) is 6.54 Å². The molecule has 3 unspecified atom stereocenters. The average molecular weight is 316 g/mol. The largest absolute Gasteiger partial charge is 0.313 e. The Labute approximate surface area is 126 Å². The number of halogens is 1. The molecular formula is C15H22ClNO2S. The predicted molar refractivity (Wildman–Crippen MR) is 82.9 cm³/mol. The van der Waals surface area contributed by atoms with Crippen LogP contribution in [-0.2, 0) is 9.84 Å². The van der Waals surface area contributed by atoms with E-state index in [9.17, 15) is 8.42 Å². The third-order valence-corrected chi connectivity index (χ3v) is 6.79. The van der Waals surface area contributed by atoms with Gasteiger partial charge in [-0.05, 0) is 43.9 Å². The lowest BCUT2D eigenvalue weighted by Crippen LogP contribution is -2.47. The van der Waals surface area contributed by atoms with Gasteiger partial charge in [0.1, 0.15) is 0 Å². The highest BCUT2D eigenvalue weighted by Gasteiger charge is 2.39. The number of sulfone groups is 1. The summed E-state index contributed by atoms with van der Waals surface area (Å²) in [4.78, 5) is 0.267. The van der Waals surface area contributed by atoms with E-state index in [2.05, 4.69) is 12.2 Å². The molecule has 0 spiro atoms. The second kappa shape index (κ2) is 6.46. The monoisotopic (exact) mass is 315 g/mol. The first-order chi connectivity index (χ1) is 9.46. The number of benzene rings is 1. The van der Waals surface area contributed by atoms with Gasteiger partial charge in [-0.3, -0.25) is 0 Å². The molecule has 0 aromatic heterocycles. The fraction of sp³-hybridized carbons (Fsp3) is 0.600. The van der Waals surface area contributed by atoms with Crippen LogP contribution in [-0.4, -0.2) is 26.3 Å². The zero-order chi connectivity index (χ0) is 14.8. The molecule has 1 aliphatic rings. The number of nitrogens with one attached hydrogen (secondary N) is 1. The number of hydrogen-bond donors (Lipinski definition) is 1. The second-order valence-electron chi connectivity index (χ2n) is 5.60. The van der Waals surface area contributed by atoms with E-state index in [1.807, 2.05) is 6.92 Å². The van der Waals surface area contributed by atoms with E-state index in [1.165, 1.54) is 0 Å². The molecule has 1 aromatic rings. The van der Waals surface area contributed by atoms with Crippen molar-refractivity contribution in [3.63, 3.8) is 0 Å². The van der Waals surface area contributed by atoms with Crippen molar-refractivity contribution in [3.05, 3.63) is 29.3 Å². The van der Waals surface area contributed by atoms with E-state index in [-0.39, 0.29) is 16.2 Å². The van der Waals surface area contributed by atoms with Crippen LogP contribution in [0.25, 0.3) is 0 Å². The van der Waals surface area contributed by atoms with Gasteiger partial charge in [0.15, 0.2) is 9.84 Å². The highest BCUT2D eigenvalue weighted by Crippen LogP contribution is 2.34. The van der Waals surface area contributed by atoms with Crippen molar-refractivity contribution >= 4 is 21.4 Å². The fourth-order valence-corrected chi connectivity index (χ4v) is 5.65. The van der Waals surface area contributed by atoms with Gasteiger partial charge in [-0.1, -0.05) is 37.6 Å². The molecule has 1 saturated carbocycles. The summed E-state index contributed by atoms with van der Waals surface area (Å²) in [6, 6.07) is 6.76. The van der Waals surface area contributed by atoms with Crippen LogP contribution in [0.5, 0.6) is 0 Å². The molecule has 3 atom stereocenters. The summed E-state index contributed by atoms with van der Waals surface area (Å²) in [6.07, 6.45) is 2.68. The summed E-state index contributed by atoms with van der Waals surface area (Å²) in [7, 11) is -3.39. The third kappa shape index (κ3) is 3.18. The first-order valence-corrected chi connectivity index (χ1v) is 9.11. The van der Waals surface area contributed by atoms with E-state index in [4.69, 9.17) is 11.6 Å². The van der Waals surface area contributed by atoms with Crippen molar-refractivity contribution in [2.24, 2.45) is 5.92 Å². The smallest absolute Gasteiger partial charge is 0.184 e. The molecule has 5 heteroatoms. The van der Waals surface area contributed by atoms with Crippen LogP contribution < -0.4 is 5.32 Å². The lowest BCUT2D eigenvalue weighted by molar-refractivity contribution is 0.311. The summed E-state index contributed by atoms with van der Waals surface area (Å²) < 4.78 is 25.8. The van der Waals surface area contributed by atoms with Crippen LogP contribution in [0.2, 0.25) is 5.02 Å². The van der Waals surface area contributed by atoms with Gasteiger partial charge in [0, 0.05) is 6.04 Å². The van der Waals surface area contributed by atoms with Crippen molar-refractivity contribution in [1.29, 1.82) is 0 Å². The minimum absolute atomic E-state index is 0.0254. The average Bonchev–Trinajstić information content (AvgIpc) is 2.41. The second-order valence-corrected chi connectivity index (χ2v) is 8.14. The first-order valence-electron chi connectivity index (χ1n) is 7.18. The summed E-state index contributed by atoms with van der Waals surface area (Å²) in [5.74, 6) is 0.437. The van der Waals surface area contributed by atoms with Crippen molar-refractivity contribution in [3.8, 4) is 0 Å². The Morgan fingerprint density at radius 2 is 2.00 bits per heavy atom. The normalized spacial score (nSPS) is 27.4. The molecule has 3 nitrogen and oxygen atoms in total. The van der Waals surface area contributed by atoms with Crippen LogP contribution in [0.3, 0.4) is 0 Å². The number of rotatable bonds is 4. The molecule has 1 aromatic carbocycles. The van der Waals surface area contributed by atoms with Gasteiger partial charge < -0.3 is 5.32 Å². The zero-order valence-electron chi connectivity index (χ0n) is 12.0. The van der Waals surface area contributed by atoms with Gasteiger partial charge in [-0.2, -0.15) is 0 Å². The molecule has 112 valence electrons. The van der Waals surface area contributed by atoms with Gasteiger partial charge in [0.05, 0.1) is 15.2 Å². The Morgan fingerprint density at radius 1 is 1.30 bits per heavy atom. The molecule has 1 N–H and O–H groups in total. The standard InChI is InChI=1S/C15H22ClNO2S/c1-3-17-13-9-8-11(2)10-15(13)20(18,19)14-7-5-4-6-12(14)16/h4-7,11,13,15,17H,3,8-10H2,1-2H3. The third-order valence-electron chi connectivity index (χ3n) is 4.06. The molecule has 0 bridgehead atoms. The van der Waals surface area contributed by atoms with Crippen molar-refractivity contribution in [2.45, 2.75) is 49.3 Å². The highest BCUT2D eigenvalue weighted by molar-refractivity contribution is 7.92. The Kier molecular flexibility index (Phi) is 5.10. The number of hydrogen-bond acceptors (Lipinski definition) is 3. The first kappa shape index (κ1) is 15.8. The summed E-state index contributed by atoms with van der Waals surface area (Å²) in [6.45, 7) is 4.92. The topological polar surface area (TPSA) is 46.2 Å².